The molecular formula is C23H16ClN3O2S3. The average molecular weight is 498 g/mol. The number of thioether (sulfide) groups is 1. The molecule has 4 aromatic rings. The summed E-state index contributed by atoms with van der Waals surface area (Å²) in [6.07, 6.45) is 1.51. The fraction of sp³-hybridized carbons (Fsp3) is 0.0435. The SMILES string of the molecule is N#CNS(=O)(=O)c1cc(-c2nc(-c3ccccc3)cs2)c(Cl)cc1SCc1ccccc1. The normalized spacial score (nSPS) is 11.1. The molecule has 0 bridgehead atoms. The van der Waals surface area contributed by atoms with Gasteiger partial charge in [-0.1, -0.05) is 72.3 Å². The molecule has 0 aliphatic carbocycles. The molecule has 0 atom stereocenters. The van der Waals surface area contributed by atoms with Crippen molar-refractivity contribution in [2.75, 3.05) is 0 Å². The Hall–Kier alpha value is -2.83. The van der Waals surface area contributed by atoms with Crippen molar-refractivity contribution in [2.24, 2.45) is 0 Å². The Morgan fingerprint density at radius 2 is 1.75 bits per heavy atom. The summed E-state index contributed by atoms with van der Waals surface area (Å²) in [6, 6.07) is 22.5. The molecule has 0 aliphatic heterocycles. The Morgan fingerprint density at radius 1 is 1.06 bits per heavy atom. The zero-order chi connectivity index (χ0) is 22.6. The molecule has 1 N–H and O–H groups in total. The van der Waals surface area contributed by atoms with Crippen LogP contribution in [0.1, 0.15) is 5.56 Å². The molecule has 1 aromatic heterocycles. The van der Waals surface area contributed by atoms with Crippen LogP contribution in [0.25, 0.3) is 21.8 Å². The topological polar surface area (TPSA) is 82.9 Å². The summed E-state index contributed by atoms with van der Waals surface area (Å²) in [5.41, 5.74) is 3.28. The van der Waals surface area contributed by atoms with Crippen molar-refractivity contribution in [2.45, 2.75) is 15.5 Å². The van der Waals surface area contributed by atoms with E-state index in [1.54, 1.807) is 6.07 Å². The van der Waals surface area contributed by atoms with E-state index in [4.69, 9.17) is 16.9 Å². The van der Waals surface area contributed by atoms with Gasteiger partial charge in [-0.2, -0.15) is 5.26 Å². The summed E-state index contributed by atoms with van der Waals surface area (Å²) in [5, 5.41) is 11.8. The van der Waals surface area contributed by atoms with Crippen LogP contribution in [0.2, 0.25) is 5.02 Å². The maximum Gasteiger partial charge on any atom is 0.271 e. The van der Waals surface area contributed by atoms with Crippen LogP contribution in [0.3, 0.4) is 0 Å². The monoisotopic (exact) mass is 497 g/mol. The van der Waals surface area contributed by atoms with E-state index in [0.717, 1.165) is 16.8 Å². The standard InChI is InChI=1S/C23H16ClN3O2S3/c24-19-12-21(30-13-16-7-3-1-4-8-16)22(32(28,29)26-15-25)11-18(19)23-27-20(14-31-23)17-9-5-2-6-10-17/h1-12,14,26H,13H2. The number of benzene rings is 3. The van der Waals surface area contributed by atoms with Gasteiger partial charge in [0.25, 0.3) is 10.0 Å². The number of nitrogens with one attached hydrogen (secondary N) is 1. The fourth-order valence-electron chi connectivity index (χ4n) is 3.01. The van der Waals surface area contributed by atoms with Gasteiger partial charge in [-0.15, -0.1) is 23.1 Å². The number of aromatic nitrogens is 1. The van der Waals surface area contributed by atoms with Crippen LogP contribution in [0, 0.1) is 11.5 Å². The molecule has 4 rings (SSSR count). The highest BCUT2D eigenvalue weighted by Crippen LogP contribution is 2.39. The van der Waals surface area contributed by atoms with Gasteiger partial charge in [0, 0.05) is 27.2 Å². The van der Waals surface area contributed by atoms with Gasteiger partial charge >= 0.3 is 0 Å². The van der Waals surface area contributed by atoms with Gasteiger partial charge in [0.15, 0.2) is 6.19 Å². The van der Waals surface area contributed by atoms with Crippen LogP contribution in [-0.4, -0.2) is 13.4 Å². The first kappa shape index (κ1) is 22.4. The van der Waals surface area contributed by atoms with Gasteiger partial charge < -0.3 is 0 Å². The van der Waals surface area contributed by atoms with E-state index in [0.29, 0.717) is 26.2 Å². The van der Waals surface area contributed by atoms with Gasteiger partial charge in [-0.3, -0.25) is 0 Å². The summed E-state index contributed by atoms with van der Waals surface area (Å²) in [5.74, 6) is 0.557. The lowest BCUT2D eigenvalue weighted by Gasteiger charge is -2.12. The lowest BCUT2D eigenvalue weighted by Crippen LogP contribution is -2.19. The summed E-state index contributed by atoms with van der Waals surface area (Å²) in [7, 11) is -4.05. The molecule has 160 valence electrons. The van der Waals surface area contributed by atoms with E-state index >= 15 is 0 Å². The molecule has 0 unspecified atom stereocenters. The fourth-order valence-corrected chi connectivity index (χ4v) is 6.49. The highest BCUT2D eigenvalue weighted by molar-refractivity contribution is 7.99. The first-order chi connectivity index (χ1) is 15.5. The molecule has 0 spiro atoms. The number of nitrogens with zero attached hydrogens (tertiary/aromatic N) is 2. The molecule has 0 radical (unpaired) electrons. The van der Waals surface area contributed by atoms with Crippen molar-refractivity contribution in [1.29, 1.82) is 5.26 Å². The van der Waals surface area contributed by atoms with E-state index in [9.17, 15) is 8.42 Å². The van der Waals surface area contributed by atoms with E-state index in [1.165, 1.54) is 35.4 Å². The molecule has 0 fully saturated rings. The summed E-state index contributed by atoms with van der Waals surface area (Å²) >= 11 is 9.29. The number of hydrogen-bond acceptors (Lipinski definition) is 6. The Bertz CT molecular complexity index is 1380. The maximum atomic E-state index is 12.8. The molecule has 5 nitrogen and oxygen atoms in total. The van der Waals surface area contributed by atoms with Crippen molar-refractivity contribution < 1.29 is 8.42 Å². The third kappa shape index (κ3) is 4.97. The smallest absolute Gasteiger partial charge is 0.236 e. The molecule has 0 amide bonds. The van der Waals surface area contributed by atoms with Crippen molar-refractivity contribution in [3.63, 3.8) is 0 Å². The van der Waals surface area contributed by atoms with E-state index in [1.807, 2.05) is 70.8 Å². The first-order valence-corrected chi connectivity index (χ1v) is 13.1. The van der Waals surface area contributed by atoms with Gasteiger partial charge in [-0.25, -0.2) is 18.1 Å². The van der Waals surface area contributed by atoms with Gasteiger partial charge in [0.1, 0.15) is 9.90 Å². The number of rotatable bonds is 7. The Balaban J connectivity index is 1.75. The quantitative estimate of drug-likeness (QED) is 0.187. The van der Waals surface area contributed by atoms with E-state index < -0.39 is 10.0 Å². The minimum absolute atomic E-state index is 0.00385. The van der Waals surface area contributed by atoms with Crippen molar-refractivity contribution in [3.05, 3.63) is 88.8 Å². The van der Waals surface area contributed by atoms with Gasteiger partial charge in [0.2, 0.25) is 0 Å². The van der Waals surface area contributed by atoms with Gasteiger partial charge in [-0.05, 0) is 17.7 Å². The predicted molar refractivity (Wildman–Crippen MR) is 130 cm³/mol. The largest absolute Gasteiger partial charge is 0.271 e. The molecule has 0 aliphatic rings. The van der Waals surface area contributed by atoms with E-state index in [2.05, 4.69) is 4.98 Å². The third-order valence-corrected chi connectivity index (χ3v) is 8.26. The second kappa shape index (κ2) is 9.76. The van der Waals surface area contributed by atoms with Crippen molar-refractivity contribution in [1.82, 2.24) is 9.71 Å². The minimum Gasteiger partial charge on any atom is -0.236 e. The Morgan fingerprint density at radius 3 is 2.44 bits per heavy atom. The Labute approximate surface area is 199 Å². The molecule has 9 heteroatoms. The molecular weight excluding hydrogens is 482 g/mol. The van der Waals surface area contributed by atoms with E-state index in [-0.39, 0.29) is 4.90 Å². The molecule has 32 heavy (non-hydrogen) atoms. The zero-order valence-electron chi connectivity index (χ0n) is 16.5. The van der Waals surface area contributed by atoms with Gasteiger partial charge in [0.05, 0.1) is 10.7 Å². The summed E-state index contributed by atoms with van der Waals surface area (Å²) in [4.78, 5) is 5.11. The van der Waals surface area contributed by atoms with Crippen LogP contribution in [0.15, 0.2) is 88.0 Å². The highest BCUT2D eigenvalue weighted by atomic mass is 35.5. The summed E-state index contributed by atoms with van der Waals surface area (Å²) in [6.45, 7) is 0. The predicted octanol–water partition coefficient (Wildman–Crippen LogP) is 6.18. The zero-order valence-corrected chi connectivity index (χ0v) is 19.7. The second-order valence-corrected chi connectivity index (χ2v) is 10.6. The molecule has 3 aromatic carbocycles. The second-order valence-electron chi connectivity index (χ2n) is 6.67. The van der Waals surface area contributed by atoms with Crippen molar-refractivity contribution >= 4 is 44.7 Å². The number of halogens is 1. The summed E-state index contributed by atoms with van der Waals surface area (Å²) < 4.78 is 27.5. The van der Waals surface area contributed by atoms with Crippen molar-refractivity contribution in [3.8, 4) is 28.0 Å². The minimum atomic E-state index is -4.05. The molecule has 0 saturated carbocycles. The lowest BCUT2D eigenvalue weighted by atomic mass is 10.2. The highest BCUT2D eigenvalue weighted by Gasteiger charge is 2.23. The average Bonchev–Trinajstić information content (AvgIpc) is 3.29. The van der Waals surface area contributed by atoms with Crippen LogP contribution >= 0.6 is 34.7 Å². The Kier molecular flexibility index (Phi) is 6.82. The van der Waals surface area contributed by atoms with Crippen LogP contribution < -0.4 is 4.72 Å². The first-order valence-electron chi connectivity index (χ1n) is 9.40. The molecule has 0 saturated heterocycles. The van der Waals surface area contributed by atoms with Crippen LogP contribution in [0.5, 0.6) is 0 Å². The lowest BCUT2D eigenvalue weighted by molar-refractivity contribution is 0.589. The third-order valence-electron chi connectivity index (χ3n) is 4.54. The number of nitriles is 1. The maximum absolute atomic E-state index is 12.8. The number of hydrogen-bond donors (Lipinski definition) is 1. The van der Waals surface area contributed by atoms with Crippen LogP contribution in [-0.2, 0) is 15.8 Å². The number of thiazole rings is 1. The molecule has 1 heterocycles. The van der Waals surface area contributed by atoms with Crippen LogP contribution in [0.4, 0.5) is 0 Å². The number of sulfonamides is 1.